The van der Waals surface area contributed by atoms with Crippen molar-refractivity contribution in [2.75, 3.05) is 12.3 Å². The molecule has 5 N–H and O–H groups in total. The van der Waals surface area contributed by atoms with E-state index in [0.717, 1.165) is 31.2 Å². The van der Waals surface area contributed by atoms with E-state index in [1.54, 1.807) is 0 Å². The number of Topliss-reactive ketones (excluding diaryl/α,β-unsaturated/α-hetero) is 1. The molecule has 2 rings (SSSR count). The van der Waals surface area contributed by atoms with Crippen LogP contribution in [-0.4, -0.2) is 52.2 Å². The van der Waals surface area contributed by atoms with Crippen LogP contribution in [0.3, 0.4) is 0 Å². The lowest BCUT2D eigenvalue weighted by Crippen LogP contribution is -2.51. The lowest BCUT2D eigenvalue weighted by atomic mass is 9.91. The monoisotopic (exact) mass is 480 g/mol. The lowest BCUT2D eigenvalue weighted by Gasteiger charge is -2.26. The Labute approximate surface area is 198 Å². The van der Waals surface area contributed by atoms with Crippen molar-refractivity contribution in [1.82, 2.24) is 5.32 Å². The normalized spacial score (nSPS) is 19.5. The molecule has 1 amide bonds. The van der Waals surface area contributed by atoms with Gasteiger partial charge in [-0.15, -0.1) is 0 Å². The Morgan fingerprint density at radius 3 is 2.39 bits per heavy atom. The van der Waals surface area contributed by atoms with Gasteiger partial charge in [-0.05, 0) is 43.1 Å². The smallest absolute Gasteiger partial charge is 0.237 e. The van der Waals surface area contributed by atoms with Crippen LogP contribution in [0.1, 0.15) is 64.4 Å². The number of ketones is 1. The maximum Gasteiger partial charge on any atom is 0.237 e. The van der Waals surface area contributed by atoms with E-state index in [1.165, 1.54) is 6.42 Å². The van der Waals surface area contributed by atoms with E-state index in [2.05, 4.69) is 5.32 Å². The number of nitrogens with one attached hydrogen (secondary N) is 1. The van der Waals surface area contributed by atoms with Crippen molar-refractivity contribution in [2.24, 2.45) is 17.6 Å². The van der Waals surface area contributed by atoms with Crippen molar-refractivity contribution < 1.29 is 24.2 Å². The zero-order valence-electron chi connectivity index (χ0n) is 20.0. The molecule has 186 valence electrons. The predicted molar refractivity (Wildman–Crippen MR) is 131 cm³/mol. The van der Waals surface area contributed by atoms with Gasteiger partial charge in [-0.1, -0.05) is 63.4 Å². The van der Waals surface area contributed by atoms with Crippen LogP contribution in [0, 0.1) is 11.8 Å². The van der Waals surface area contributed by atoms with E-state index in [4.69, 9.17) is 5.73 Å². The van der Waals surface area contributed by atoms with Gasteiger partial charge in [-0.25, -0.2) is 0 Å². The topological polar surface area (TPSA) is 130 Å². The number of aliphatic hydroxyl groups is 1. The summed E-state index contributed by atoms with van der Waals surface area (Å²) < 4.78 is 12.6. The molecule has 0 radical (unpaired) electrons. The highest BCUT2D eigenvalue weighted by molar-refractivity contribution is 7.58. The van der Waals surface area contributed by atoms with Crippen molar-refractivity contribution in [3.8, 4) is 0 Å². The molecule has 33 heavy (non-hydrogen) atoms. The summed E-state index contributed by atoms with van der Waals surface area (Å²) in [5.41, 5.74) is 6.99. The van der Waals surface area contributed by atoms with Crippen LogP contribution >= 0.6 is 7.37 Å². The first-order chi connectivity index (χ1) is 15.6. The van der Waals surface area contributed by atoms with Crippen LogP contribution in [0.15, 0.2) is 30.3 Å². The average Bonchev–Trinajstić information content (AvgIpc) is 2.76. The molecule has 0 bridgehead atoms. The lowest BCUT2D eigenvalue weighted by molar-refractivity contribution is -0.129. The Balaban J connectivity index is 1.82. The van der Waals surface area contributed by atoms with E-state index in [1.807, 2.05) is 44.2 Å². The standard InChI is InChI=1S/C25H41N2O5P/c1-18(2)24(27-25(30)22(26)15-19-9-5-3-6-10-19)23(29)14-13-21(28)17-33(31,32)16-20-11-7-4-8-12-20/h3,5-6,9-10,18,20-22,24,28H,4,7-8,11-17,26H2,1-2H3,(H,27,30)(H,31,32)/t21-,22+,24+/m1/s1. The zero-order chi connectivity index (χ0) is 24.4. The largest absolute Gasteiger partial charge is 0.393 e. The van der Waals surface area contributed by atoms with Gasteiger partial charge in [0, 0.05) is 12.6 Å². The maximum absolute atomic E-state index is 12.8. The fraction of sp³-hybridized carbons (Fsp3) is 0.680. The molecule has 1 saturated carbocycles. The van der Waals surface area contributed by atoms with Crippen LogP contribution in [0.25, 0.3) is 0 Å². The number of nitrogens with two attached hydrogens (primary N) is 1. The Bertz CT molecular complexity index is 795. The van der Waals surface area contributed by atoms with E-state index in [-0.39, 0.29) is 42.8 Å². The molecule has 4 atom stereocenters. The van der Waals surface area contributed by atoms with Gasteiger partial charge in [0.2, 0.25) is 13.3 Å². The summed E-state index contributed by atoms with van der Waals surface area (Å²) in [6.45, 7) is 3.68. The minimum absolute atomic E-state index is 0.0294. The van der Waals surface area contributed by atoms with Gasteiger partial charge in [-0.3, -0.25) is 14.2 Å². The third kappa shape index (κ3) is 10.1. The molecule has 1 aromatic carbocycles. The van der Waals surface area contributed by atoms with E-state index >= 15 is 0 Å². The second-order valence-electron chi connectivity index (χ2n) is 9.90. The van der Waals surface area contributed by atoms with Gasteiger partial charge < -0.3 is 21.1 Å². The number of carbonyl (C=O) groups excluding carboxylic acids is 2. The summed E-state index contributed by atoms with van der Waals surface area (Å²) in [6, 6.07) is 7.96. The summed E-state index contributed by atoms with van der Waals surface area (Å²) in [5.74, 6) is -0.482. The summed E-state index contributed by atoms with van der Waals surface area (Å²) in [4.78, 5) is 35.7. The number of hydrogen-bond acceptors (Lipinski definition) is 5. The third-order valence-electron chi connectivity index (χ3n) is 6.43. The SMILES string of the molecule is CC(C)[C@H](NC(=O)[C@@H](N)Cc1ccccc1)C(=O)CC[C@@H](O)CP(=O)(O)CC1CCCCC1. The number of amides is 1. The Hall–Kier alpha value is -1.53. The zero-order valence-corrected chi connectivity index (χ0v) is 20.9. The minimum atomic E-state index is -3.44. The van der Waals surface area contributed by atoms with Crippen LogP contribution in [-0.2, 0) is 20.6 Å². The maximum atomic E-state index is 12.8. The predicted octanol–water partition coefficient (Wildman–Crippen LogP) is 3.26. The number of benzene rings is 1. The van der Waals surface area contributed by atoms with Crippen LogP contribution < -0.4 is 11.1 Å². The first-order valence-corrected chi connectivity index (χ1v) is 14.2. The molecule has 1 aliphatic rings. The molecular weight excluding hydrogens is 439 g/mol. The van der Waals surface area contributed by atoms with Crippen LogP contribution in [0.4, 0.5) is 0 Å². The second kappa shape index (κ2) is 13.4. The van der Waals surface area contributed by atoms with Crippen molar-refractivity contribution >= 4 is 19.1 Å². The number of aliphatic hydroxyl groups excluding tert-OH is 1. The molecule has 7 nitrogen and oxygen atoms in total. The van der Waals surface area contributed by atoms with E-state index in [9.17, 15) is 24.2 Å². The molecule has 0 spiro atoms. The van der Waals surface area contributed by atoms with Gasteiger partial charge in [0.25, 0.3) is 0 Å². The first-order valence-electron chi connectivity index (χ1n) is 12.2. The number of rotatable bonds is 13. The average molecular weight is 481 g/mol. The highest BCUT2D eigenvalue weighted by Crippen LogP contribution is 2.46. The third-order valence-corrected chi connectivity index (χ3v) is 8.51. The molecule has 1 aliphatic carbocycles. The Morgan fingerprint density at radius 2 is 1.79 bits per heavy atom. The fourth-order valence-electron chi connectivity index (χ4n) is 4.57. The molecule has 0 heterocycles. The molecule has 0 aliphatic heterocycles. The fourth-order valence-corrected chi connectivity index (χ4v) is 6.73. The molecular formula is C25H41N2O5P. The van der Waals surface area contributed by atoms with Gasteiger partial charge in [-0.2, -0.15) is 0 Å². The molecule has 1 unspecified atom stereocenters. The number of hydrogen-bond donors (Lipinski definition) is 4. The Kier molecular flexibility index (Phi) is 11.2. The first kappa shape index (κ1) is 27.7. The van der Waals surface area contributed by atoms with Gasteiger partial charge >= 0.3 is 0 Å². The molecule has 8 heteroatoms. The van der Waals surface area contributed by atoms with Gasteiger partial charge in [0.05, 0.1) is 24.3 Å². The summed E-state index contributed by atoms with van der Waals surface area (Å²) >= 11 is 0. The second-order valence-corrected chi connectivity index (χ2v) is 12.3. The van der Waals surface area contributed by atoms with Crippen molar-refractivity contribution in [1.29, 1.82) is 0 Å². The van der Waals surface area contributed by atoms with Gasteiger partial charge in [0.15, 0.2) is 5.78 Å². The summed E-state index contributed by atoms with van der Waals surface area (Å²) in [5, 5.41) is 13.1. The summed E-state index contributed by atoms with van der Waals surface area (Å²) in [7, 11) is -3.44. The Morgan fingerprint density at radius 1 is 1.15 bits per heavy atom. The highest BCUT2D eigenvalue weighted by atomic mass is 31.2. The molecule has 1 aromatic rings. The minimum Gasteiger partial charge on any atom is -0.393 e. The van der Waals surface area contributed by atoms with Crippen molar-refractivity contribution in [3.63, 3.8) is 0 Å². The molecule has 0 saturated heterocycles. The molecule has 0 aromatic heterocycles. The van der Waals surface area contributed by atoms with E-state index < -0.39 is 31.5 Å². The van der Waals surface area contributed by atoms with Gasteiger partial charge in [0.1, 0.15) is 0 Å². The van der Waals surface area contributed by atoms with Crippen molar-refractivity contribution in [3.05, 3.63) is 35.9 Å². The van der Waals surface area contributed by atoms with Crippen molar-refractivity contribution in [2.45, 2.75) is 83.4 Å². The highest BCUT2D eigenvalue weighted by Gasteiger charge is 2.30. The summed E-state index contributed by atoms with van der Waals surface area (Å²) in [6.07, 6.45) is 4.88. The van der Waals surface area contributed by atoms with Crippen LogP contribution in [0.5, 0.6) is 0 Å². The number of carbonyl (C=O) groups is 2. The quantitative estimate of drug-likeness (QED) is 0.321. The molecule has 1 fully saturated rings. The van der Waals surface area contributed by atoms with E-state index in [0.29, 0.717) is 6.42 Å². The van der Waals surface area contributed by atoms with Crippen LogP contribution in [0.2, 0.25) is 0 Å².